The fourth-order valence-electron chi connectivity index (χ4n) is 3.64. The van der Waals surface area contributed by atoms with Gasteiger partial charge in [-0.2, -0.15) is 0 Å². The molecule has 1 amide bonds. The highest BCUT2D eigenvalue weighted by atomic mass is 16.5. The number of hydrogen-bond acceptors (Lipinski definition) is 6. The van der Waals surface area contributed by atoms with E-state index in [1.54, 1.807) is 25.8 Å². The number of carbonyl (C=O) groups excluding carboxylic acids is 1. The van der Waals surface area contributed by atoms with Crippen LogP contribution in [0.5, 0.6) is 0 Å². The van der Waals surface area contributed by atoms with Gasteiger partial charge < -0.3 is 9.64 Å². The molecule has 1 saturated carbocycles. The fourth-order valence-corrected chi connectivity index (χ4v) is 3.64. The number of aromatic nitrogens is 4. The number of hydrogen-bond donors (Lipinski definition) is 0. The van der Waals surface area contributed by atoms with E-state index in [1.807, 2.05) is 4.90 Å². The summed E-state index contributed by atoms with van der Waals surface area (Å²) in [4.78, 5) is 31.7. The third-order valence-electron chi connectivity index (χ3n) is 5.36. The van der Waals surface area contributed by atoms with Gasteiger partial charge in [0, 0.05) is 50.1 Å². The van der Waals surface area contributed by atoms with Crippen LogP contribution in [-0.2, 0) is 22.5 Å². The van der Waals surface area contributed by atoms with Gasteiger partial charge in [0.05, 0.1) is 23.4 Å². The SMILES string of the molecule is COC1(CC(=O)N2CCc3ncnc(-c4cncnc4)c3C2)CCC1. The van der Waals surface area contributed by atoms with Crippen molar-refractivity contribution in [3.05, 3.63) is 36.3 Å². The van der Waals surface area contributed by atoms with Gasteiger partial charge >= 0.3 is 0 Å². The molecule has 130 valence electrons. The molecule has 0 radical (unpaired) electrons. The summed E-state index contributed by atoms with van der Waals surface area (Å²) in [5.74, 6) is 0.145. The fraction of sp³-hybridized carbons (Fsp3) is 0.500. The van der Waals surface area contributed by atoms with Crippen molar-refractivity contribution in [2.24, 2.45) is 0 Å². The van der Waals surface area contributed by atoms with E-state index >= 15 is 0 Å². The molecule has 7 heteroatoms. The predicted molar refractivity (Wildman–Crippen MR) is 90.4 cm³/mol. The van der Waals surface area contributed by atoms with Crippen molar-refractivity contribution >= 4 is 5.91 Å². The molecule has 3 heterocycles. The molecule has 0 aromatic carbocycles. The lowest BCUT2D eigenvalue weighted by atomic mass is 9.77. The molecular formula is C18H21N5O2. The van der Waals surface area contributed by atoms with E-state index in [1.165, 1.54) is 6.33 Å². The largest absolute Gasteiger partial charge is 0.378 e. The quantitative estimate of drug-likeness (QED) is 0.844. The molecule has 0 unspecified atom stereocenters. The minimum atomic E-state index is -0.249. The van der Waals surface area contributed by atoms with Crippen molar-refractivity contribution in [2.75, 3.05) is 13.7 Å². The third kappa shape index (κ3) is 3.00. The number of amides is 1. The highest BCUT2D eigenvalue weighted by Crippen LogP contribution is 2.39. The van der Waals surface area contributed by atoms with E-state index in [4.69, 9.17) is 4.74 Å². The summed E-state index contributed by atoms with van der Waals surface area (Å²) in [6.45, 7) is 1.21. The Morgan fingerprint density at radius 2 is 2.04 bits per heavy atom. The molecule has 0 N–H and O–H groups in total. The summed E-state index contributed by atoms with van der Waals surface area (Å²) in [6, 6.07) is 0. The Balaban J connectivity index is 1.57. The Hall–Kier alpha value is -2.41. The van der Waals surface area contributed by atoms with Crippen molar-refractivity contribution < 1.29 is 9.53 Å². The van der Waals surface area contributed by atoms with E-state index in [-0.39, 0.29) is 11.5 Å². The highest BCUT2D eigenvalue weighted by molar-refractivity contribution is 5.78. The second-order valence-corrected chi connectivity index (χ2v) is 6.76. The van der Waals surface area contributed by atoms with E-state index in [2.05, 4.69) is 19.9 Å². The molecule has 1 aliphatic heterocycles. The van der Waals surface area contributed by atoms with Gasteiger partial charge in [-0.15, -0.1) is 0 Å². The molecule has 1 aliphatic carbocycles. The van der Waals surface area contributed by atoms with E-state index < -0.39 is 0 Å². The lowest BCUT2D eigenvalue weighted by Gasteiger charge is -2.41. The van der Waals surface area contributed by atoms with Gasteiger partial charge in [0.2, 0.25) is 5.91 Å². The minimum Gasteiger partial charge on any atom is -0.378 e. The second kappa shape index (κ2) is 6.48. The van der Waals surface area contributed by atoms with Gasteiger partial charge in [-0.1, -0.05) is 0 Å². The first-order valence-corrected chi connectivity index (χ1v) is 8.62. The zero-order chi connectivity index (χ0) is 17.3. The van der Waals surface area contributed by atoms with Crippen LogP contribution in [-0.4, -0.2) is 50.0 Å². The van der Waals surface area contributed by atoms with Crippen LogP contribution in [0.15, 0.2) is 25.0 Å². The maximum atomic E-state index is 12.8. The van der Waals surface area contributed by atoms with Crippen molar-refractivity contribution in [3.8, 4) is 11.3 Å². The highest BCUT2D eigenvalue weighted by Gasteiger charge is 2.40. The monoisotopic (exact) mass is 339 g/mol. The van der Waals surface area contributed by atoms with Crippen LogP contribution >= 0.6 is 0 Å². The molecule has 0 spiro atoms. The smallest absolute Gasteiger partial charge is 0.225 e. The first-order chi connectivity index (χ1) is 12.2. The van der Waals surface area contributed by atoms with Crippen LogP contribution in [0.2, 0.25) is 0 Å². The molecular weight excluding hydrogens is 318 g/mol. The van der Waals surface area contributed by atoms with Gasteiger partial charge in [0.25, 0.3) is 0 Å². The second-order valence-electron chi connectivity index (χ2n) is 6.76. The summed E-state index contributed by atoms with van der Waals surface area (Å²) >= 11 is 0. The van der Waals surface area contributed by atoms with E-state index in [0.717, 1.165) is 48.2 Å². The van der Waals surface area contributed by atoms with Crippen molar-refractivity contribution in [1.29, 1.82) is 0 Å². The maximum absolute atomic E-state index is 12.8. The standard InChI is InChI=1S/C18H21N5O2/c1-25-18(4-2-5-18)7-16(24)23-6-3-15-14(10-23)17(22-12-21-15)13-8-19-11-20-9-13/h8-9,11-12H,2-7,10H2,1H3. The Labute approximate surface area is 146 Å². The predicted octanol–water partition coefficient (Wildman–Crippen LogP) is 1.78. The van der Waals surface area contributed by atoms with Gasteiger partial charge in [0.1, 0.15) is 12.7 Å². The zero-order valence-corrected chi connectivity index (χ0v) is 14.3. The lowest BCUT2D eigenvalue weighted by molar-refractivity contribution is -0.145. The normalized spacial score (nSPS) is 18.4. The van der Waals surface area contributed by atoms with E-state index in [0.29, 0.717) is 19.5 Å². The van der Waals surface area contributed by atoms with E-state index in [9.17, 15) is 4.79 Å². The first-order valence-electron chi connectivity index (χ1n) is 8.62. The molecule has 0 atom stereocenters. The average molecular weight is 339 g/mol. The number of carbonyl (C=O) groups is 1. The molecule has 1 fully saturated rings. The molecule has 2 aromatic heterocycles. The van der Waals surface area contributed by atoms with Gasteiger partial charge in [0.15, 0.2) is 0 Å². The lowest BCUT2D eigenvalue weighted by Crippen LogP contribution is -2.46. The van der Waals surface area contributed by atoms with Crippen molar-refractivity contribution in [3.63, 3.8) is 0 Å². The minimum absolute atomic E-state index is 0.145. The van der Waals surface area contributed by atoms with Crippen LogP contribution in [0.25, 0.3) is 11.3 Å². The van der Waals surface area contributed by atoms with Crippen LogP contribution in [0.1, 0.15) is 36.9 Å². The zero-order valence-electron chi connectivity index (χ0n) is 14.3. The van der Waals surface area contributed by atoms with Gasteiger partial charge in [-0.05, 0) is 19.3 Å². The van der Waals surface area contributed by atoms with Crippen LogP contribution in [0, 0.1) is 0 Å². The molecule has 4 rings (SSSR count). The number of rotatable bonds is 4. The summed E-state index contributed by atoms with van der Waals surface area (Å²) in [6.07, 6.45) is 10.8. The van der Waals surface area contributed by atoms with Gasteiger partial charge in [-0.25, -0.2) is 19.9 Å². The van der Waals surface area contributed by atoms with Crippen LogP contribution in [0.3, 0.4) is 0 Å². The van der Waals surface area contributed by atoms with Gasteiger partial charge in [-0.3, -0.25) is 4.79 Å². The Morgan fingerprint density at radius 3 is 2.72 bits per heavy atom. The summed E-state index contributed by atoms with van der Waals surface area (Å²) in [7, 11) is 1.71. The number of ether oxygens (including phenoxy) is 1. The Bertz CT molecular complexity index is 771. The van der Waals surface area contributed by atoms with Crippen molar-refractivity contribution in [2.45, 2.75) is 44.2 Å². The summed E-state index contributed by atoms with van der Waals surface area (Å²) in [5, 5.41) is 0. The molecule has 2 aliphatic rings. The molecule has 7 nitrogen and oxygen atoms in total. The number of methoxy groups -OCH3 is 1. The number of nitrogens with zero attached hydrogens (tertiary/aromatic N) is 5. The molecule has 25 heavy (non-hydrogen) atoms. The number of fused-ring (bicyclic) bond motifs is 1. The maximum Gasteiger partial charge on any atom is 0.225 e. The topological polar surface area (TPSA) is 81.1 Å². The molecule has 0 bridgehead atoms. The average Bonchev–Trinajstić information content (AvgIpc) is 2.64. The van der Waals surface area contributed by atoms with Crippen LogP contribution in [0.4, 0.5) is 0 Å². The molecule has 0 saturated heterocycles. The van der Waals surface area contributed by atoms with Crippen LogP contribution < -0.4 is 0 Å². The third-order valence-corrected chi connectivity index (χ3v) is 5.36. The summed E-state index contributed by atoms with van der Waals surface area (Å²) < 4.78 is 5.61. The molecule has 2 aromatic rings. The Morgan fingerprint density at radius 1 is 1.24 bits per heavy atom. The van der Waals surface area contributed by atoms with Crippen molar-refractivity contribution in [1.82, 2.24) is 24.8 Å². The first kappa shape index (κ1) is 16.1. The summed E-state index contributed by atoms with van der Waals surface area (Å²) in [5.41, 5.74) is 3.41. The Kier molecular flexibility index (Phi) is 4.17.